The van der Waals surface area contributed by atoms with Gasteiger partial charge in [-0.1, -0.05) is 0 Å². The fourth-order valence-corrected chi connectivity index (χ4v) is 1.67. The number of nitrogens with zero attached hydrogens (tertiary/aromatic N) is 1. The Morgan fingerprint density at radius 1 is 1.30 bits per heavy atom. The molecular weight excluding hydrogens is 264 g/mol. The molecule has 1 heterocycles. The average Bonchev–Trinajstić information content (AvgIpc) is 2.36. The highest BCUT2D eigenvalue weighted by atomic mass is 16.4. The van der Waals surface area contributed by atoms with Crippen molar-refractivity contribution in [1.29, 1.82) is 0 Å². The summed E-state index contributed by atoms with van der Waals surface area (Å²) in [5.74, 6) is -0.562. The lowest BCUT2D eigenvalue weighted by molar-refractivity contribution is -0.117. The van der Waals surface area contributed by atoms with E-state index in [-0.39, 0.29) is 17.0 Å². The Morgan fingerprint density at radius 2 is 2.00 bits per heavy atom. The van der Waals surface area contributed by atoms with Crippen LogP contribution in [0, 0.1) is 0 Å². The molecule has 104 valence electrons. The number of phenolic OH excluding ortho intramolecular Hbond substituents is 1. The van der Waals surface area contributed by atoms with E-state index in [1.807, 2.05) is 0 Å². The van der Waals surface area contributed by atoms with Crippen molar-refractivity contribution in [2.24, 2.45) is 0 Å². The monoisotopic (exact) mass is 276 g/mol. The summed E-state index contributed by atoms with van der Waals surface area (Å²) in [5.41, 5.74) is -0.551. The molecule has 2 aromatic rings. The second-order valence-corrected chi connectivity index (χ2v) is 4.19. The lowest BCUT2D eigenvalue weighted by atomic mass is 10.2. The first-order chi connectivity index (χ1) is 9.38. The average molecular weight is 276 g/mol. The van der Waals surface area contributed by atoms with Crippen LogP contribution in [0.1, 0.15) is 6.92 Å². The highest BCUT2D eigenvalue weighted by molar-refractivity contribution is 6.02. The van der Waals surface area contributed by atoms with Crippen LogP contribution in [0.4, 0.5) is 10.5 Å². The van der Waals surface area contributed by atoms with Crippen molar-refractivity contribution < 1.29 is 19.1 Å². The Balaban J connectivity index is 2.47. The van der Waals surface area contributed by atoms with E-state index in [9.17, 15) is 19.5 Å². The Hall–Kier alpha value is -2.83. The summed E-state index contributed by atoms with van der Waals surface area (Å²) in [4.78, 5) is 35.3. The minimum absolute atomic E-state index is 0.0121. The maximum absolute atomic E-state index is 11.8. The number of carbonyl (C=O) groups excluding carboxylic acids is 2. The van der Waals surface area contributed by atoms with Crippen molar-refractivity contribution in [2.45, 2.75) is 6.92 Å². The Bertz CT molecular complexity index is 750. The fraction of sp³-hybridized carbons (Fsp3) is 0.154. The molecule has 1 aromatic heterocycles. The van der Waals surface area contributed by atoms with Crippen molar-refractivity contribution in [3.8, 4) is 5.75 Å². The zero-order valence-electron chi connectivity index (χ0n) is 10.8. The Morgan fingerprint density at radius 3 is 2.65 bits per heavy atom. The van der Waals surface area contributed by atoms with Crippen molar-refractivity contribution in [3.05, 3.63) is 34.7 Å². The summed E-state index contributed by atoms with van der Waals surface area (Å²) in [6, 6.07) is 4.99. The molecule has 0 aliphatic rings. The third-order valence-corrected chi connectivity index (χ3v) is 2.65. The molecule has 0 saturated heterocycles. The van der Waals surface area contributed by atoms with E-state index < -0.39 is 17.6 Å². The number of urea groups is 1. The van der Waals surface area contributed by atoms with Crippen LogP contribution in [0.5, 0.6) is 5.75 Å². The molecule has 0 aliphatic heterocycles. The summed E-state index contributed by atoms with van der Waals surface area (Å²) in [6.07, 6.45) is 0. The van der Waals surface area contributed by atoms with Crippen LogP contribution in [-0.2, 0) is 4.79 Å². The van der Waals surface area contributed by atoms with Gasteiger partial charge in [0.2, 0.25) is 5.91 Å². The molecule has 1 aromatic carbocycles. The number of amides is 3. The maximum Gasteiger partial charge on any atom is 0.360 e. The van der Waals surface area contributed by atoms with E-state index in [0.29, 0.717) is 5.39 Å². The molecule has 3 amide bonds. The van der Waals surface area contributed by atoms with Gasteiger partial charge in [0.15, 0.2) is 0 Å². The molecule has 0 bridgehead atoms. The van der Waals surface area contributed by atoms with Crippen LogP contribution < -0.4 is 15.8 Å². The Kier molecular flexibility index (Phi) is 3.43. The number of hydrogen-bond donors (Lipinski definition) is 2. The SMILES string of the molecule is CC(=O)NC(=O)N(C)c1cc2ccc(O)cc2oc1=O. The van der Waals surface area contributed by atoms with E-state index >= 15 is 0 Å². The molecule has 7 nitrogen and oxygen atoms in total. The van der Waals surface area contributed by atoms with Crippen LogP contribution in [0.15, 0.2) is 33.5 Å². The number of anilines is 1. The minimum Gasteiger partial charge on any atom is -0.508 e. The number of hydrogen-bond acceptors (Lipinski definition) is 5. The maximum atomic E-state index is 11.8. The van der Waals surface area contributed by atoms with E-state index in [4.69, 9.17) is 4.42 Å². The topological polar surface area (TPSA) is 99.8 Å². The second kappa shape index (κ2) is 5.04. The fourth-order valence-electron chi connectivity index (χ4n) is 1.67. The largest absolute Gasteiger partial charge is 0.508 e. The molecular formula is C13H12N2O5. The van der Waals surface area contributed by atoms with Crippen LogP contribution in [0.2, 0.25) is 0 Å². The van der Waals surface area contributed by atoms with E-state index in [1.165, 1.54) is 32.2 Å². The summed E-state index contributed by atoms with van der Waals surface area (Å²) >= 11 is 0. The molecule has 20 heavy (non-hydrogen) atoms. The standard InChI is InChI=1S/C13H12N2O5/c1-7(16)14-13(19)15(2)10-5-8-3-4-9(17)6-11(8)20-12(10)18/h3-6,17H,1-2H3,(H,14,16,19). The van der Waals surface area contributed by atoms with E-state index in [0.717, 1.165) is 4.90 Å². The zero-order chi connectivity index (χ0) is 14.9. The van der Waals surface area contributed by atoms with Crippen molar-refractivity contribution in [3.63, 3.8) is 0 Å². The van der Waals surface area contributed by atoms with Gasteiger partial charge in [-0.3, -0.25) is 15.0 Å². The van der Waals surface area contributed by atoms with Gasteiger partial charge in [0.05, 0.1) is 0 Å². The predicted molar refractivity (Wildman–Crippen MR) is 71.8 cm³/mol. The minimum atomic E-state index is -0.746. The molecule has 2 N–H and O–H groups in total. The lowest BCUT2D eigenvalue weighted by Gasteiger charge is -2.15. The smallest absolute Gasteiger partial charge is 0.360 e. The summed E-state index contributed by atoms with van der Waals surface area (Å²) in [7, 11) is 1.34. The van der Waals surface area contributed by atoms with E-state index in [1.54, 1.807) is 6.07 Å². The zero-order valence-corrected chi connectivity index (χ0v) is 10.8. The van der Waals surface area contributed by atoms with Gasteiger partial charge >= 0.3 is 11.7 Å². The molecule has 0 radical (unpaired) electrons. The van der Waals surface area contributed by atoms with Crippen LogP contribution in [0.25, 0.3) is 11.0 Å². The van der Waals surface area contributed by atoms with Gasteiger partial charge in [-0.15, -0.1) is 0 Å². The van der Waals surface area contributed by atoms with Gasteiger partial charge in [-0.25, -0.2) is 9.59 Å². The normalized spacial score (nSPS) is 10.3. The number of phenols is 1. The molecule has 2 rings (SSSR count). The molecule has 7 heteroatoms. The highest BCUT2D eigenvalue weighted by Gasteiger charge is 2.17. The second-order valence-electron chi connectivity index (χ2n) is 4.19. The van der Waals surface area contributed by atoms with Gasteiger partial charge in [0, 0.05) is 25.4 Å². The van der Waals surface area contributed by atoms with Crippen molar-refractivity contribution in [1.82, 2.24) is 5.32 Å². The van der Waals surface area contributed by atoms with Crippen molar-refractivity contribution in [2.75, 3.05) is 11.9 Å². The van der Waals surface area contributed by atoms with Gasteiger partial charge < -0.3 is 9.52 Å². The summed E-state index contributed by atoms with van der Waals surface area (Å²) in [6.45, 7) is 1.19. The molecule has 0 aliphatic carbocycles. The van der Waals surface area contributed by atoms with Crippen LogP contribution >= 0.6 is 0 Å². The van der Waals surface area contributed by atoms with E-state index in [2.05, 4.69) is 5.32 Å². The number of nitrogens with one attached hydrogen (secondary N) is 1. The van der Waals surface area contributed by atoms with Gasteiger partial charge in [0.1, 0.15) is 17.0 Å². The van der Waals surface area contributed by atoms with Crippen LogP contribution in [0.3, 0.4) is 0 Å². The van der Waals surface area contributed by atoms with Gasteiger partial charge in [-0.05, 0) is 18.2 Å². The number of carbonyl (C=O) groups is 2. The summed E-state index contributed by atoms with van der Waals surface area (Å²) < 4.78 is 5.03. The number of rotatable bonds is 1. The van der Waals surface area contributed by atoms with Gasteiger partial charge in [-0.2, -0.15) is 0 Å². The lowest BCUT2D eigenvalue weighted by Crippen LogP contribution is -2.41. The third-order valence-electron chi connectivity index (χ3n) is 2.65. The number of imide groups is 1. The molecule has 0 fully saturated rings. The molecule has 0 spiro atoms. The number of benzene rings is 1. The summed E-state index contributed by atoms with van der Waals surface area (Å²) in [5, 5.41) is 11.9. The highest BCUT2D eigenvalue weighted by Crippen LogP contribution is 2.21. The third kappa shape index (κ3) is 2.61. The first-order valence-electron chi connectivity index (χ1n) is 5.70. The predicted octanol–water partition coefficient (Wildman–Crippen LogP) is 1.19. The van der Waals surface area contributed by atoms with Crippen LogP contribution in [-0.4, -0.2) is 24.1 Å². The quantitative estimate of drug-likeness (QED) is 0.762. The number of fused-ring (bicyclic) bond motifs is 1. The Labute approximate surface area is 113 Å². The molecule has 0 unspecified atom stereocenters. The number of aromatic hydroxyl groups is 1. The van der Waals surface area contributed by atoms with Gasteiger partial charge in [0.25, 0.3) is 0 Å². The molecule has 0 saturated carbocycles. The molecule has 0 atom stereocenters. The first kappa shape index (κ1) is 13.6. The van der Waals surface area contributed by atoms with Crippen molar-refractivity contribution >= 4 is 28.6 Å². The first-order valence-corrected chi connectivity index (χ1v) is 5.70.